The van der Waals surface area contributed by atoms with Crippen LogP contribution in [0, 0.1) is 11.2 Å². The molecule has 1 N–H and O–H groups in total. The standard InChI is InChI=1S/C17H22FNO2/c18-14-4-3-13(15(11-14)16(20)21)12-19-9-7-17(8-10-19)5-1-2-6-17/h3-4,11H,1-2,5-10,12H2,(H,20,21). The molecule has 1 aliphatic heterocycles. The summed E-state index contributed by atoms with van der Waals surface area (Å²) < 4.78 is 13.2. The first-order valence-corrected chi connectivity index (χ1v) is 7.82. The molecule has 1 aromatic rings. The smallest absolute Gasteiger partial charge is 0.336 e. The normalized spacial score (nSPS) is 21.8. The molecule has 1 saturated heterocycles. The zero-order valence-corrected chi connectivity index (χ0v) is 12.3. The molecule has 0 radical (unpaired) electrons. The molecule has 114 valence electrons. The van der Waals surface area contributed by atoms with Gasteiger partial charge in [-0.25, -0.2) is 9.18 Å². The molecule has 2 aliphatic rings. The van der Waals surface area contributed by atoms with Crippen LogP contribution >= 0.6 is 0 Å². The number of piperidine rings is 1. The molecule has 1 aliphatic carbocycles. The summed E-state index contributed by atoms with van der Waals surface area (Å²) in [5, 5.41) is 9.20. The molecule has 21 heavy (non-hydrogen) atoms. The van der Waals surface area contributed by atoms with Gasteiger partial charge in [-0.05, 0) is 61.9 Å². The van der Waals surface area contributed by atoms with Crippen LogP contribution in [-0.4, -0.2) is 29.1 Å². The summed E-state index contributed by atoms with van der Waals surface area (Å²) in [6.07, 6.45) is 7.88. The fourth-order valence-electron chi connectivity index (χ4n) is 3.94. The Morgan fingerprint density at radius 2 is 1.86 bits per heavy atom. The SMILES string of the molecule is O=C(O)c1cc(F)ccc1CN1CCC2(CCCC2)CC1. The van der Waals surface area contributed by atoms with E-state index in [1.165, 1.54) is 44.6 Å². The first-order valence-electron chi connectivity index (χ1n) is 7.82. The van der Waals surface area contributed by atoms with Crippen molar-refractivity contribution < 1.29 is 14.3 Å². The van der Waals surface area contributed by atoms with Gasteiger partial charge in [0.2, 0.25) is 0 Å². The van der Waals surface area contributed by atoms with Crippen LogP contribution in [0.1, 0.15) is 54.4 Å². The monoisotopic (exact) mass is 291 g/mol. The van der Waals surface area contributed by atoms with Crippen molar-refractivity contribution in [2.24, 2.45) is 5.41 Å². The van der Waals surface area contributed by atoms with Crippen molar-refractivity contribution in [3.05, 3.63) is 35.1 Å². The van der Waals surface area contributed by atoms with Crippen LogP contribution < -0.4 is 0 Å². The highest BCUT2D eigenvalue weighted by Gasteiger charge is 2.36. The van der Waals surface area contributed by atoms with Gasteiger partial charge in [0.15, 0.2) is 0 Å². The summed E-state index contributed by atoms with van der Waals surface area (Å²) in [7, 11) is 0. The molecule has 1 heterocycles. The predicted molar refractivity (Wildman–Crippen MR) is 78.8 cm³/mol. The van der Waals surface area contributed by atoms with E-state index in [4.69, 9.17) is 0 Å². The van der Waals surface area contributed by atoms with Crippen LogP contribution in [0.3, 0.4) is 0 Å². The minimum Gasteiger partial charge on any atom is -0.478 e. The van der Waals surface area contributed by atoms with Crippen molar-refractivity contribution in [1.82, 2.24) is 4.90 Å². The number of hydrogen-bond acceptors (Lipinski definition) is 2. The summed E-state index contributed by atoms with van der Waals surface area (Å²) >= 11 is 0. The van der Waals surface area contributed by atoms with Crippen LogP contribution in [0.15, 0.2) is 18.2 Å². The van der Waals surface area contributed by atoms with Crippen molar-refractivity contribution in [3.8, 4) is 0 Å². The van der Waals surface area contributed by atoms with E-state index in [1.54, 1.807) is 6.07 Å². The second kappa shape index (κ2) is 5.76. The topological polar surface area (TPSA) is 40.5 Å². The molecule has 0 unspecified atom stereocenters. The first-order chi connectivity index (χ1) is 10.1. The average molecular weight is 291 g/mol. The van der Waals surface area contributed by atoms with Crippen molar-refractivity contribution in [2.45, 2.75) is 45.1 Å². The Bertz CT molecular complexity index is 528. The molecule has 4 heteroatoms. The van der Waals surface area contributed by atoms with Gasteiger partial charge in [0, 0.05) is 6.54 Å². The average Bonchev–Trinajstić information content (AvgIpc) is 2.92. The highest BCUT2D eigenvalue weighted by molar-refractivity contribution is 5.89. The summed E-state index contributed by atoms with van der Waals surface area (Å²) in [6, 6.07) is 4.09. The lowest BCUT2D eigenvalue weighted by atomic mass is 9.77. The number of likely N-dealkylation sites (tertiary alicyclic amines) is 1. The van der Waals surface area contributed by atoms with Crippen molar-refractivity contribution >= 4 is 5.97 Å². The largest absolute Gasteiger partial charge is 0.478 e. The second-order valence-corrected chi connectivity index (χ2v) is 6.59. The molecule has 0 bridgehead atoms. The van der Waals surface area contributed by atoms with E-state index in [2.05, 4.69) is 4.90 Å². The number of nitrogens with zero attached hydrogens (tertiary/aromatic N) is 1. The van der Waals surface area contributed by atoms with E-state index in [1.807, 2.05) is 0 Å². The molecule has 1 aromatic carbocycles. The molecule has 0 atom stereocenters. The van der Waals surface area contributed by atoms with E-state index in [0.29, 0.717) is 17.5 Å². The van der Waals surface area contributed by atoms with E-state index in [9.17, 15) is 14.3 Å². The molecule has 3 nitrogen and oxygen atoms in total. The molecule has 0 amide bonds. The summed E-state index contributed by atoms with van der Waals surface area (Å²) in [5.41, 5.74) is 1.37. The zero-order chi connectivity index (χ0) is 14.9. The van der Waals surface area contributed by atoms with Crippen LogP contribution in [0.4, 0.5) is 4.39 Å². The lowest BCUT2D eigenvalue weighted by Gasteiger charge is -2.39. The van der Waals surface area contributed by atoms with Gasteiger partial charge in [0.25, 0.3) is 0 Å². The predicted octanol–water partition coefficient (Wildman–Crippen LogP) is 3.68. The number of carbonyl (C=O) groups is 1. The maximum absolute atomic E-state index is 13.2. The Morgan fingerprint density at radius 1 is 1.19 bits per heavy atom. The van der Waals surface area contributed by atoms with Gasteiger partial charge in [-0.15, -0.1) is 0 Å². The summed E-state index contributed by atoms with van der Waals surface area (Å²) in [6.45, 7) is 2.66. The number of benzene rings is 1. The van der Waals surface area contributed by atoms with Gasteiger partial charge in [-0.1, -0.05) is 18.9 Å². The lowest BCUT2D eigenvalue weighted by molar-refractivity contribution is 0.0690. The third-order valence-electron chi connectivity index (χ3n) is 5.28. The Hall–Kier alpha value is -1.42. The van der Waals surface area contributed by atoms with Crippen molar-refractivity contribution in [3.63, 3.8) is 0 Å². The molecule has 0 aromatic heterocycles. The third-order valence-corrected chi connectivity index (χ3v) is 5.28. The van der Waals surface area contributed by atoms with Gasteiger partial charge >= 0.3 is 5.97 Å². The molecule has 1 saturated carbocycles. The second-order valence-electron chi connectivity index (χ2n) is 6.59. The minimum atomic E-state index is -1.05. The van der Waals surface area contributed by atoms with Crippen LogP contribution in [0.25, 0.3) is 0 Å². The van der Waals surface area contributed by atoms with E-state index < -0.39 is 11.8 Å². The number of carboxylic acid groups (broad SMARTS) is 1. The van der Waals surface area contributed by atoms with Crippen molar-refractivity contribution in [2.75, 3.05) is 13.1 Å². The summed E-state index contributed by atoms with van der Waals surface area (Å²) in [4.78, 5) is 13.5. The zero-order valence-electron chi connectivity index (χ0n) is 12.3. The van der Waals surface area contributed by atoms with Crippen LogP contribution in [0.2, 0.25) is 0 Å². The Balaban J connectivity index is 1.66. The number of rotatable bonds is 3. The van der Waals surface area contributed by atoms with Crippen LogP contribution in [-0.2, 0) is 6.54 Å². The van der Waals surface area contributed by atoms with E-state index >= 15 is 0 Å². The van der Waals surface area contributed by atoms with E-state index in [-0.39, 0.29) is 5.56 Å². The highest BCUT2D eigenvalue weighted by Crippen LogP contribution is 2.46. The Kier molecular flexibility index (Phi) is 3.98. The molecule has 1 spiro atoms. The number of carboxylic acids is 1. The van der Waals surface area contributed by atoms with Gasteiger partial charge in [0.05, 0.1) is 5.56 Å². The third kappa shape index (κ3) is 3.10. The first kappa shape index (κ1) is 14.5. The highest BCUT2D eigenvalue weighted by atomic mass is 19.1. The Labute approximate surface area is 124 Å². The number of hydrogen-bond donors (Lipinski definition) is 1. The van der Waals surface area contributed by atoms with Gasteiger partial charge in [-0.2, -0.15) is 0 Å². The van der Waals surface area contributed by atoms with E-state index in [0.717, 1.165) is 19.2 Å². The van der Waals surface area contributed by atoms with Gasteiger partial charge in [-0.3, -0.25) is 4.90 Å². The molecular formula is C17H22FNO2. The van der Waals surface area contributed by atoms with Gasteiger partial charge in [0.1, 0.15) is 5.82 Å². The van der Waals surface area contributed by atoms with Crippen LogP contribution in [0.5, 0.6) is 0 Å². The Morgan fingerprint density at radius 3 is 2.48 bits per heavy atom. The molecular weight excluding hydrogens is 269 g/mol. The lowest BCUT2D eigenvalue weighted by Crippen LogP contribution is -2.38. The maximum Gasteiger partial charge on any atom is 0.336 e. The van der Waals surface area contributed by atoms with Gasteiger partial charge < -0.3 is 5.11 Å². The molecule has 2 fully saturated rings. The molecule has 3 rings (SSSR count). The minimum absolute atomic E-state index is 0.0937. The summed E-state index contributed by atoms with van der Waals surface area (Å²) in [5.74, 6) is -1.53. The maximum atomic E-state index is 13.2. The van der Waals surface area contributed by atoms with Crippen molar-refractivity contribution in [1.29, 1.82) is 0 Å². The number of aromatic carboxylic acids is 1. The fourth-order valence-corrected chi connectivity index (χ4v) is 3.94. The number of halogens is 1. The quantitative estimate of drug-likeness (QED) is 0.923. The fraction of sp³-hybridized carbons (Fsp3) is 0.588.